The van der Waals surface area contributed by atoms with Gasteiger partial charge < -0.3 is 15.0 Å². The molecule has 118 valence electrons. The van der Waals surface area contributed by atoms with Crippen LogP contribution in [0.3, 0.4) is 0 Å². The molecule has 0 unspecified atom stereocenters. The Morgan fingerprint density at radius 3 is 2.48 bits per heavy atom. The number of ether oxygens (including phenoxy) is 1. The summed E-state index contributed by atoms with van der Waals surface area (Å²) in [5, 5.41) is 2.92. The normalized spacial score (nSPS) is 10.7. The van der Waals surface area contributed by atoms with Gasteiger partial charge in [-0.05, 0) is 50.7 Å². The number of rotatable bonds is 10. The van der Waals surface area contributed by atoms with E-state index in [0.717, 1.165) is 37.6 Å². The highest BCUT2D eigenvalue weighted by molar-refractivity contribution is 5.90. The fraction of sp³-hybridized carbons (Fsp3) is 0.588. The van der Waals surface area contributed by atoms with E-state index in [4.69, 9.17) is 4.74 Å². The Bertz CT molecular complexity index is 404. The molecule has 1 amide bonds. The standard InChI is InChI=1S/C17H28N2O2/c1-4-6-12-19(3)13-11-17(20)18-15-7-9-16(10-8-15)21-14-5-2/h7-10H,4-6,11-14H2,1-3H3,(H,18,20). The molecule has 1 aromatic rings. The summed E-state index contributed by atoms with van der Waals surface area (Å²) < 4.78 is 5.51. The first-order valence-electron chi connectivity index (χ1n) is 7.87. The summed E-state index contributed by atoms with van der Waals surface area (Å²) in [6.45, 7) is 6.81. The minimum atomic E-state index is 0.0561. The van der Waals surface area contributed by atoms with E-state index < -0.39 is 0 Å². The molecule has 0 atom stereocenters. The van der Waals surface area contributed by atoms with Gasteiger partial charge in [-0.1, -0.05) is 20.3 Å². The Labute approximate surface area is 128 Å². The van der Waals surface area contributed by atoms with Crippen molar-refractivity contribution >= 4 is 11.6 Å². The summed E-state index contributed by atoms with van der Waals surface area (Å²) in [5.41, 5.74) is 0.819. The average molecular weight is 292 g/mol. The van der Waals surface area contributed by atoms with Crippen LogP contribution in [-0.2, 0) is 4.79 Å². The third-order valence-corrected chi connectivity index (χ3v) is 3.22. The number of carbonyl (C=O) groups is 1. The van der Waals surface area contributed by atoms with Crippen LogP contribution in [0.4, 0.5) is 5.69 Å². The Morgan fingerprint density at radius 2 is 1.86 bits per heavy atom. The van der Waals surface area contributed by atoms with Crippen LogP contribution in [0.15, 0.2) is 24.3 Å². The highest BCUT2D eigenvalue weighted by Gasteiger charge is 2.05. The zero-order valence-electron chi connectivity index (χ0n) is 13.5. The van der Waals surface area contributed by atoms with Crippen molar-refractivity contribution < 1.29 is 9.53 Å². The lowest BCUT2D eigenvalue weighted by molar-refractivity contribution is -0.116. The molecule has 0 saturated carbocycles. The van der Waals surface area contributed by atoms with Crippen molar-refractivity contribution in [3.05, 3.63) is 24.3 Å². The van der Waals surface area contributed by atoms with E-state index >= 15 is 0 Å². The second-order valence-electron chi connectivity index (χ2n) is 5.33. The fourth-order valence-corrected chi connectivity index (χ4v) is 1.91. The number of hydrogen-bond donors (Lipinski definition) is 1. The number of nitrogens with zero attached hydrogens (tertiary/aromatic N) is 1. The summed E-state index contributed by atoms with van der Waals surface area (Å²) in [7, 11) is 2.06. The van der Waals surface area contributed by atoms with Gasteiger partial charge in [-0.15, -0.1) is 0 Å². The smallest absolute Gasteiger partial charge is 0.225 e. The van der Waals surface area contributed by atoms with E-state index in [1.54, 1.807) is 0 Å². The van der Waals surface area contributed by atoms with Gasteiger partial charge in [0, 0.05) is 18.7 Å². The SMILES string of the molecule is CCCCN(C)CCC(=O)Nc1ccc(OCCC)cc1. The van der Waals surface area contributed by atoms with Gasteiger partial charge in [0.2, 0.25) is 5.91 Å². The number of nitrogens with one attached hydrogen (secondary N) is 1. The van der Waals surface area contributed by atoms with E-state index in [9.17, 15) is 4.79 Å². The minimum absolute atomic E-state index is 0.0561. The number of unbranched alkanes of at least 4 members (excludes halogenated alkanes) is 1. The predicted molar refractivity (Wildman–Crippen MR) is 87.9 cm³/mol. The van der Waals surface area contributed by atoms with E-state index in [-0.39, 0.29) is 5.91 Å². The van der Waals surface area contributed by atoms with Gasteiger partial charge >= 0.3 is 0 Å². The van der Waals surface area contributed by atoms with E-state index in [2.05, 4.69) is 31.1 Å². The van der Waals surface area contributed by atoms with Gasteiger partial charge in [-0.2, -0.15) is 0 Å². The summed E-state index contributed by atoms with van der Waals surface area (Å²) in [6.07, 6.45) is 3.87. The maximum atomic E-state index is 11.9. The van der Waals surface area contributed by atoms with E-state index in [0.29, 0.717) is 6.42 Å². The third kappa shape index (κ3) is 7.71. The van der Waals surface area contributed by atoms with Crippen LogP contribution >= 0.6 is 0 Å². The molecule has 0 aromatic heterocycles. The fourth-order valence-electron chi connectivity index (χ4n) is 1.91. The van der Waals surface area contributed by atoms with E-state index in [1.807, 2.05) is 24.3 Å². The molecule has 0 aliphatic carbocycles. The molecular weight excluding hydrogens is 264 g/mol. The van der Waals surface area contributed by atoms with Crippen molar-refractivity contribution in [1.29, 1.82) is 0 Å². The molecule has 1 aromatic carbocycles. The van der Waals surface area contributed by atoms with Crippen molar-refractivity contribution in [2.24, 2.45) is 0 Å². The molecule has 4 nitrogen and oxygen atoms in total. The van der Waals surface area contributed by atoms with Gasteiger partial charge in [0.1, 0.15) is 5.75 Å². The first kappa shape index (κ1) is 17.5. The lowest BCUT2D eigenvalue weighted by Crippen LogP contribution is -2.25. The molecule has 1 N–H and O–H groups in total. The molecule has 0 aliphatic heterocycles. The lowest BCUT2D eigenvalue weighted by Gasteiger charge is -2.15. The number of benzene rings is 1. The summed E-state index contributed by atoms with van der Waals surface area (Å²) in [6, 6.07) is 7.53. The molecule has 0 aliphatic rings. The molecule has 1 rings (SSSR count). The van der Waals surface area contributed by atoms with Crippen LogP contribution in [0, 0.1) is 0 Å². The molecule has 0 bridgehead atoms. The van der Waals surface area contributed by atoms with E-state index in [1.165, 1.54) is 12.8 Å². The summed E-state index contributed by atoms with van der Waals surface area (Å²) in [4.78, 5) is 14.1. The molecular formula is C17H28N2O2. The summed E-state index contributed by atoms with van der Waals surface area (Å²) in [5.74, 6) is 0.898. The largest absolute Gasteiger partial charge is 0.494 e. The van der Waals surface area contributed by atoms with Gasteiger partial charge in [-0.3, -0.25) is 4.79 Å². The van der Waals surface area contributed by atoms with Gasteiger partial charge in [-0.25, -0.2) is 0 Å². The molecule has 0 heterocycles. The Balaban J connectivity index is 2.30. The predicted octanol–water partition coefficient (Wildman–Crippen LogP) is 3.54. The zero-order valence-corrected chi connectivity index (χ0v) is 13.5. The zero-order chi connectivity index (χ0) is 15.5. The third-order valence-electron chi connectivity index (χ3n) is 3.22. The van der Waals surface area contributed by atoms with Crippen molar-refractivity contribution in [2.45, 2.75) is 39.5 Å². The van der Waals surface area contributed by atoms with Gasteiger partial charge in [0.05, 0.1) is 6.61 Å². The first-order chi connectivity index (χ1) is 10.2. The van der Waals surface area contributed by atoms with Crippen molar-refractivity contribution in [3.8, 4) is 5.75 Å². The number of hydrogen-bond acceptors (Lipinski definition) is 3. The highest BCUT2D eigenvalue weighted by atomic mass is 16.5. The van der Waals surface area contributed by atoms with Crippen molar-refractivity contribution in [3.63, 3.8) is 0 Å². The second-order valence-corrected chi connectivity index (χ2v) is 5.33. The van der Waals surface area contributed by atoms with Crippen molar-refractivity contribution in [1.82, 2.24) is 4.90 Å². The molecule has 21 heavy (non-hydrogen) atoms. The van der Waals surface area contributed by atoms with Gasteiger partial charge in [0.25, 0.3) is 0 Å². The molecule has 4 heteroatoms. The van der Waals surface area contributed by atoms with Crippen LogP contribution in [0.5, 0.6) is 5.75 Å². The average Bonchev–Trinajstić information content (AvgIpc) is 2.50. The Kier molecular flexibility index (Phi) is 8.51. The first-order valence-corrected chi connectivity index (χ1v) is 7.87. The van der Waals surface area contributed by atoms with Crippen LogP contribution in [0.2, 0.25) is 0 Å². The van der Waals surface area contributed by atoms with Crippen LogP contribution in [0.25, 0.3) is 0 Å². The summed E-state index contributed by atoms with van der Waals surface area (Å²) >= 11 is 0. The Hall–Kier alpha value is -1.55. The maximum absolute atomic E-state index is 11.9. The van der Waals surface area contributed by atoms with Gasteiger partial charge in [0.15, 0.2) is 0 Å². The molecule has 0 radical (unpaired) electrons. The van der Waals surface area contributed by atoms with Crippen LogP contribution < -0.4 is 10.1 Å². The van der Waals surface area contributed by atoms with Crippen molar-refractivity contribution in [2.75, 3.05) is 32.1 Å². The molecule has 0 fully saturated rings. The lowest BCUT2D eigenvalue weighted by atomic mass is 10.2. The topological polar surface area (TPSA) is 41.6 Å². The van der Waals surface area contributed by atoms with Crippen LogP contribution in [0.1, 0.15) is 39.5 Å². The number of anilines is 1. The second kappa shape index (κ2) is 10.2. The molecule has 0 spiro atoms. The van der Waals surface area contributed by atoms with Crippen LogP contribution in [-0.4, -0.2) is 37.6 Å². The number of carbonyl (C=O) groups excluding carboxylic acids is 1. The minimum Gasteiger partial charge on any atom is -0.494 e. The molecule has 0 saturated heterocycles. The highest BCUT2D eigenvalue weighted by Crippen LogP contribution is 2.16. The quantitative estimate of drug-likeness (QED) is 0.717. The number of amides is 1. The monoisotopic (exact) mass is 292 g/mol. The Morgan fingerprint density at radius 1 is 1.14 bits per heavy atom. The maximum Gasteiger partial charge on any atom is 0.225 e.